The zero-order valence-corrected chi connectivity index (χ0v) is 16.7. The van der Waals surface area contributed by atoms with Crippen LogP contribution in [0.3, 0.4) is 0 Å². The van der Waals surface area contributed by atoms with Crippen LogP contribution in [0.4, 0.5) is 0 Å². The Bertz CT molecular complexity index is 1170. The van der Waals surface area contributed by atoms with Gasteiger partial charge in [-0.05, 0) is 44.5 Å². The first-order valence-electron chi connectivity index (χ1n) is 10.6. The van der Waals surface area contributed by atoms with Crippen molar-refractivity contribution in [3.63, 3.8) is 0 Å². The van der Waals surface area contributed by atoms with E-state index in [-0.39, 0.29) is 0 Å². The van der Waals surface area contributed by atoms with E-state index >= 15 is 0 Å². The number of hydrogen-bond donors (Lipinski definition) is 0. The smallest absolute Gasteiger partial charge is 0.0211 e. The van der Waals surface area contributed by atoms with Gasteiger partial charge in [-0.1, -0.05) is 121 Å². The quantitative estimate of drug-likeness (QED) is 0.341. The summed E-state index contributed by atoms with van der Waals surface area (Å²) in [5, 5.41) is 0. The van der Waals surface area contributed by atoms with Crippen LogP contribution in [-0.4, -0.2) is 0 Å². The van der Waals surface area contributed by atoms with Crippen LogP contribution in [0, 0.1) is 0 Å². The summed E-state index contributed by atoms with van der Waals surface area (Å²) in [6, 6.07) is 39.6. The summed E-state index contributed by atoms with van der Waals surface area (Å²) in [5.41, 5.74) is 11.0. The maximum atomic E-state index is 2.40. The summed E-state index contributed by atoms with van der Waals surface area (Å²) in [7, 11) is 0. The number of benzene rings is 4. The third-order valence-corrected chi connectivity index (χ3v) is 6.50. The zero-order valence-electron chi connectivity index (χ0n) is 16.7. The Morgan fingerprint density at radius 1 is 0.367 bits per heavy atom. The largest absolute Gasteiger partial charge is 0.0622 e. The molecular weight excluding hydrogens is 360 g/mol. The monoisotopic (exact) mass is 382 g/mol. The molecule has 4 aromatic carbocycles. The van der Waals surface area contributed by atoms with E-state index in [1.165, 1.54) is 44.5 Å². The average molecular weight is 383 g/mol. The van der Waals surface area contributed by atoms with Gasteiger partial charge in [0.05, 0.1) is 0 Å². The summed E-state index contributed by atoms with van der Waals surface area (Å²) in [5.74, 6) is 0.609. The van der Waals surface area contributed by atoms with Gasteiger partial charge in [0.2, 0.25) is 0 Å². The summed E-state index contributed by atoms with van der Waals surface area (Å²) >= 11 is 0. The van der Waals surface area contributed by atoms with Gasteiger partial charge in [-0.2, -0.15) is 0 Å². The van der Waals surface area contributed by atoms with E-state index < -0.39 is 0 Å². The van der Waals surface area contributed by atoms with E-state index in [0.29, 0.717) is 11.8 Å². The minimum absolute atomic E-state index is 0.304. The molecule has 0 radical (unpaired) electrons. The molecule has 0 bridgehead atoms. The number of hydrogen-bond acceptors (Lipinski definition) is 0. The van der Waals surface area contributed by atoms with Crippen LogP contribution in [0.2, 0.25) is 0 Å². The van der Waals surface area contributed by atoms with Crippen molar-refractivity contribution in [1.29, 1.82) is 0 Å². The van der Waals surface area contributed by atoms with Gasteiger partial charge in [0, 0.05) is 11.8 Å². The lowest BCUT2D eigenvalue weighted by Crippen LogP contribution is -2.12. The first kappa shape index (κ1) is 17.2. The summed E-state index contributed by atoms with van der Waals surface area (Å²) in [4.78, 5) is 0. The first-order chi connectivity index (χ1) is 14.9. The molecule has 0 nitrogen and oxygen atoms in total. The van der Waals surface area contributed by atoms with Crippen LogP contribution in [0.25, 0.3) is 23.3 Å². The lowest BCUT2D eigenvalue weighted by Gasteiger charge is -2.28. The second-order valence-electron chi connectivity index (χ2n) is 8.14. The van der Waals surface area contributed by atoms with Crippen LogP contribution in [0.15, 0.2) is 109 Å². The Morgan fingerprint density at radius 3 is 1.17 bits per heavy atom. The lowest BCUT2D eigenvalue weighted by molar-refractivity contribution is 0.787. The van der Waals surface area contributed by atoms with Gasteiger partial charge < -0.3 is 0 Å². The van der Waals surface area contributed by atoms with Crippen LogP contribution in [0.5, 0.6) is 0 Å². The van der Waals surface area contributed by atoms with Crippen molar-refractivity contribution in [2.24, 2.45) is 0 Å². The molecule has 2 aliphatic carbocycles. The van der Waals surface area contributed by atoms with E-state index in [4.69, 9.17) is 0 Å². The van der Waals surface area contributed by atoms with E-state index in [0.717, 1.165) is 0 Å². The van der Waals surface area contributed by atoms with E-state index in [1.54, 1.807) is 0 Å². The van der Waals surface area contributed by atoms with Gasteiger partial charge in [0.1, 0.15) is 0 Å². The zero-order chi connectivity index (χ0) is 19.9. The van der Waals surface area contributed by atoms with Crippen LogP contribution in [-0.2, 0) is 0 Å². The van der Waals surface area contributed by atoms with Gasteiger partial charge in [-0.25, -0.2) is 0 Å². The molecule has 6 rings (SSSR count). The highest BCUT2D eigenvalue weighted by Crippen LogP contribution is 2.57. The standard InChI is InChI=1S/C30H22/c1-3-11-21(12-4-1)27-19-23-15-7-9-17-25(23)29(27)30-26-18-10-8-16-24(26)20-28(30)22-13-5-2-6-14-22/h1-20,29-30H/t29-,30-/m1/s1. The summed E-state index contributed by atoms with van der Waals surface area (Å²) < 4.78 is 0. The molecule has 0 heteroatoms. The van der Waals surface area contributed by atoms with Gasteiger partial charge in [-0.3, -0.25) is 0 Å². The normalized spacial score (nSPS) is 19.1. The topological polar surface area (TPSA) is 0 Å². The summed E-state index contributed by atoms with van der Waals surface area (Å²) in [6.07, 6.45) is 4.80. The molecule has 142 valence electrons. The maximum Gasteiger partial charge on any atom is 0.0211 e. The van der Waals surface area contributed by atoms with Gasteiger partial charge in [0.25, 0.3) is 0 Å². The predicted octanol–water partition coefficient (Wildman–Crippen LogP) is 7.66. The molecule has 2 atom stereocenters. The van der Waals surface area contributed by atoms with E-state index in [2.05, 4.69) is 121 Å². The fraction of sp³-hybridized carbons (Fsp3) is 0.0667. The highest BCUT2D eigenvalue weighted by molar-refractivity contribution is 5.99. The minimum atomic E-state index is 0.304. The van der Waals surface area contributed by atoms with Gasteiger partial charge in [0.15, 0.2) is 0 Å². The molecule has 30 heavy (non-hydrogen) atoms. The van der Waals surface area contributed by atoms with Crippen LogP contribution >= 0.6 is 0 Å². The average Bonchev–Trinajstić information content (AvgIpc) is 3.38. The first-order valence-corrected chi connectivity index (χ1v) is 10.6. The highest BCUT2D eigenvalue weighted by atomic mass is 14.4. The maximum absolute atomic E-state index is 2.40. The number of allylic oxidation sites excluding steroid dienone is 2. The van der Waals surface area contributed by atoms with Crippen molar-refractivity contribution in [3.8, 4) is 0 Å². The Hall–Kier alpha value is -3.64. The van der Waals surface area contributed by atoms with Crippen LogP contribution < -0.4 is 0 Å². The molecule has 0 heterocycles. The Kier molecular flexibility index (Phi) is 4.02. The molecule has 0 aliphatic heterocycles. The third kappa shape index (κ3) is 2.69. The third-order valence-electron chi connectivity index (χ3n) is 6.50. The molecule has 0 unspecified atom stereocenters. The Labute approximate surface area is 177 Å². The number of rotatable bonds is 3. The fourth-order valence-corrected chi connectivity index (χ4v) is 5.21. The molecule has 0 spiro atoms. The molecule has 0 saturated heterocycles. The minimum Gasteiger partial charge on any atom is -0.0622 e. The Morgan fingerprint density at radius 2 is 0.733 bits per heavy atom. The second kappa shape index (κ2) is 7.00. The van der Waals surface area contributed by atoms with Crippen molar-refractivity contribution in [3.05, 3.63) is 143 Å². The molecule has 0 aromatic heterocycles. The summed E-state index contributed by atoms with van der Waals surface area (Å²) in [6.45, 7) is 0. The SMILES string of the molecule is C1=C(c2ccccc2)[C@H]([C@H]2C(c3ccccc3)=Cc3ccccc32)c2ccccc21. The number of fused-ring (bicyclic) bond motifs is 2. The van der Waals surface area contributed by atoms with Crippen molar-refractivity contribution >= 4 is 23.3 Å². The van der Waals surface area contributed by atoms with Crippen LogP contribution in [0.1, 0.15) is 45.2 Å². The Balaban J connectivity index is 1.58. The van der Waals surface area contributed by atoms with E-state index in [9.17, 15) is 0 Å². The fourth-order valence-electron chi connectivity index (χ4n) is 5.21. The van der Waals surface area contributed by atoms with Crippen molar-refractivity contribution in [1.82, 2.24) is 0 Å². The molecule has 0 N–H and O–H groups in total. The lowest BCUT2D eigenvalue weighted by atomic mass is 9.74. The molecule has 0 saturated carbocycles. The van der Waals surface area contributed by atoms with E-state index in [1.807, 2.05) is 0 Å². The molecular formula is C30H22. The van der Waals surface area contributed by atoms with Gasteiger partial charge >= 0.3 is 0 Å². The highest BCUT2D eigenvalue weighted by Gasteiger charge is 2.39. The van der Waals surface area contributed by atoms with Crippen molar-refractivity contribution in [2.75, 3.05) is 0 Å². The molecule has 4 aromatic rings. The molecule has 2 aliphatic rings. The van der Waals surface area contributed by atoms with Crippen molar-refractivity contribution in [2.45, 2.75) is 11.8 Å². The molecule has 0 amide bonds. The van der Waals surface area contributed by atoms with Crippen molar-refractivity contribution < 1.29 is 0 Å². The molecule has 0 fully saturated rings. The van der Waals surface area contributed by atoms with Gasteiger partial charge in [-0.15, -0.1) is 0 Å². The predicted molar refractivity (Wildman–Crippen MR) is 127 cm³/mol. The second-order valence-corrected chi connectivity index (χ2v) is 8.14.